The van der Waals surface area contributed by atoms with Crippen LogP contribution in [0.2, 0.25) is 0 Å². The van der Waals surface area contributed by atoms with Crippen molar-refractivity contribution in [1.82, 2.24) is 15.5 Å². The molecule has 2 aromatic carbocycles. The molecule has 0 fully saturated rings. The molecule has 0 aromatic heterocycles. The van der Waals surface area contributed by atoms with Crippen LogP contribution >= 0.6 is 0 Å². The van der Waals surface area contributed by atoms with Crippen LogP contribution in [0.15, 0.2) is 67.3 Å². The number of carbonyl (C=O) groups is 3. The Bertz CT molecular complexity index is 1040. The molecule has 0 spiro atoms. The zero-order valence-electron chi connectivity index (χ0n) is 22.2. The lowest BCUT2D eigenvalue weighted by atomic mass is 9.99. The molecule has 0 aliphatic heterocycles. The number of rotatable bonds is 10. The number of ether oxygens (including phenoxy) is 1. The maximum atomic E-state index is 14.1. The molecular formula is C29H39N3O4. The van der Waals surface area contributed by atoms with E-state index in [0.29, 0.717) is 5.56 Å². The Labute approximate surface area is 214 Å². The molecule has 7 heteroatoms. The molecule has 2 rings (SSSR count). The summed E-state index contributed by atoms with van der Waals surface area (Å²) < 4.78 is 5.44. The largest absolute Gasteiger partial charge is 0.444 e. The van der Waals surface area contributed by atoms with E-state index in [0.717, 1.165) is 11.1 Å². The van der Waals surface area contributed by atoms with Crippen molar-refractivity contribution in [1.29, 1.82) is 0 Å². The van der Waals surface area contributed by atoms with Gasteiger partial charge in [0.15, 0.2) is 0 Å². The van der Waals surface area contributed by atoms with Gasteiger partial charge in [-0.2, -0.15) is 0 Å². The minimum atomic E-state index is -0.957. The molecule has 3 amide bonds. The van der Waals surface area contributed by atoms with Crippen LogP contribution in [0.3, 0.4) is 0 Å². The van der Waals surface area contributed by atoms with E-state index < -0.39 is 29.7 Å². The lowest BCUT2D eigenvalue weighted by molar-refractivity contribution is -0.142. The molecule has 2 atom stereocenters. The molecule has 0 saturated heterocycles. The number of hydrogen-bond acceptors (Lipinski definition) is 4. The van der Waals surface area contributed by atoms with Gasteiger partial charge in [-0.15, -0.1) is 6.58 Å². The van der Waals surface area contributed by atoms with E-state index in [1.54, 1.807) is 26.8 Å². The topological polar surface area (TPSA) is 87.7 Å². The highest BCUT2D eigenvalue weighted by atomic mass is 16.6. The van der Waals surface area contributed by atoms with Crippen LogP contribution in [0.25, 0.3) is 0 Å². The van der Waals surface area contributed by atoms with Crippen molar-refractivity contribution in [3.05, 3.63) is 83.9 Å². The quantitative estimate of drug-likeness (QED) is 0.469. The van der Waals surface area contributed by atoms with Crippen LogP contribution in [-0.2, 0) is 20.7 Å². The average molecular weight is 494 g/mol. The average Bonchev–Trinajstić information content (AvgIpc) is 2.77. The molecule has 2 N–H and O–H groups in total. The Morgan fingerprint density at radius 3 is 2.25 bits per heavy atom. The summed E-state index contributed by atoms with van der Waals surface area (Å²) in [4.78, 5) is 41.6. The van der Waals surface area contributed by atoms with Crippen LogP contribution in [0.1, 0.15) is 57.4 Å². The van der Waals surface area contributed by atoms with Gasteiger partial charge < -0.3 is 20.3 Å². The Balaban J connectivity index is 2.51. The molecule has 194 valence electrons. The van der Waals surface area contributed by atoms with E-state index in [-0.39, 0.29) is 24.9 Å². The fraction of sp³-hybridized carbons (Fsp3) is 0.414. The summed E-state index contributed by atoms with van der Waals surface area (Å²) in [6, 6.07) is 14.9. The van der Waals surface area contributed by atoms with Gasteiger partial charge in [-0.25, -0.2) is 4.79 Å². The van der Waals surface area contributed by atoms with Crippen LogP contribution in [-0.4, -0.2) is 47.0 Å². The minimum absolute atomic E-state index is 0.115. The number of benzene rings is 2. The first kappa shape index (κ1) is 28.6. The van der Waals surface area contributed by atoms with Gasteiger partial charge in [0.05, 0.1) is 0 Å². The molecule has 2 aromatic rings. The molecule has 0 heterocycles. The zero-order chi connectivity index (χ0) is 26.9. The van der Waals surface area contributed by atoms with Crippen LogP contribution in [0.4, 0.5) is 4.79 Å². The molecule has 36 heavy (non-hydrogen) atoms. The first-order valence-corrected chi connectivity index (χ1v) is 12.2. The first-order chi connectivity index (χ1) is 16.9. The van der Waals surface area contributed by atoms with Gasteiger partial charge in [0.2, 0.25) is 11.8 Å². The van der Waals surface area contributed by atoms with E-state index in [2.05, 4.69) is 17.2 Å². The third-order valence-corrected chi connectivity index (χ3v) is 5.23. The van der Waals surface area contributed by atoms with Crippen molar-refractivity contribution in [2.45, 2.75) is 71.7 Å². The third-order valence-electron chi connectivity index (χ3n) is 5.23. The summed E-state index contributed by atoms with van der Waals surface area (Å²) in [6.07, 6.45) is 1.11. The van der Waals surface area contributed by atoms with Gasteiger partial charge in [-0.05, 0) is 52.7 Å². The Morgan fingerprint density at radius 1 is 1.03 bits per heavy atom. The first-order valence-electron chi connectivity index (χ1n) is 12.2. The molecule has 2 unspecified atom stereocenters. The van der Waals surface area contributed by atoms with E-state index >= 15 is 0 Å². The molecule has 0 aliphatic carbocycles. The van der Waals surface area contributed by atoms with Gasteiger partial charge in [0.25, 0.3) is 0 Å². The van der Waals surface area contributed by atoms with E-state index in [9.17, 15) is 14.4 Å². The van der Waals surface area contributed by atoms with Crippen molar-refractivity contribution >= 4 is 17.9 Å². The lowest BCUT2D eigenvalue weighted by Gasteiger charge is -2.34. The van der Waals surface area contributed by atoms with Gasteiger partial charge in [0, 0.05) is 19.0 Å². The number of hydrogen-bond donors (Lipinski definition) is 2. The Hall–Kier alpha value is -3.61. The van der Waals surface area contributed by atoms with E-state index in [1.807, 2.05) is 75.4 Å². The summed E-state index contributed by atoms with van der Waals surface area (Å²) in [5.74, 6) is -0.712. The van der Waals surface area contributed by atoms with Gasteiger partial charge in [-0.3, -0.25) is 9.59 Å². The number of alkyl carbamates (subject to hydrolysis) is 1. The Kier molecular flexibility index (Phi) is 10.3. The highest BCUT2D eigenvalue weighted by Crippen LogP contribution is 2.24. The fourth-order valence-corrected chi connectivity index (χ4v) is 3.84. The van der Waals surface area contributed by atoms with Crippen molar-refractivity contribution < 1.29 is 19.1 Å². The maximum absolute atomic E-state index is 14.1. The fourth-order valence-electron chi connectivity index (χ4n) is 3.84. The van der Waals surface area contributed by atoms with Crippen molar-refractivity contribution in [2.24, 2.45) is 0 Å². The SMILES string of the molecule is C=CCN(C(=O)C(Cc1ccccc1)NC(=O)OC(C)(C)C)C(C(=O)NC(C)C)c1cccc(C)c1. The molecule has 0 radical (unpaired) electrons. The predicted molar refractivity (Wildman–Crippen MR) is 142 cm³/mol. The highest BCUT2D eigenvalue weighted by Gasteiger charge is 2.36. The molecule has 7 nitrogen and oxygen atoms in total. The third kappa shape index (κ3) is 8.87. The normalized spacial score (nSPS) is 12.9. The van der Waals surface area contributed by atoms with Gasteiger partial charge in [-0.1, -0.05) is 66.2 Å². The molecule has 0 saturated carbocycles. The standard InChI is InChI=1S/C29H39N3O4/c1-8-17-32(25(26(33)30-20(2)3)23-16-12-13-21(4)18-23)27(34)24(19-22-14-10-9-11-15-22)31-28(35)36-29(5,6)7/h8-16,18,20,24-25H,1,17,19H2,2-7H3,(H,30,33)(H,31,35). The summed E-state index contributed by atoms with van der Waals surface area (Å²) in [5.41, 5.74) is 1.78. The second kappa shape index (κ2) is 12.9. The van der Waals surface area contributed by atoms with Crippen LogP contribution in [0.5, 0.6) is 0 Å². The Morgan fingerprint density at radius 2 is 1.69 bits per heavy atom. The summed E-state index contributed by atoms with van der Waals surface area (Å²) in [7, 11) is 0. The van der Waals surface area contributed by atoms with Crippen LogP contribution < -0.4 is 10.6 Å². The van der Waals surface area contributed by atoms with Gasteiger partial charge in [0.1, 0.15) is 17.7 Å². The predicted octanol–water partition coefficient (Wildman–Crippen LogP) is 4.71. The highest BCUT2D eigenvalue weighted by molar-refractivity contribution is 5.92. The lowest BCUT2D eigenvalue weighted by Crippen LogP contribution is -2.54. The summed E-state index contributed by atoms with van der Waals surface area (Å²) >= 11 is 0. The number of nitrogens with one attached hydrogen (secondary N) is 2. The second-order valence-corrected chi connectivity index (χ2v) is 10.1. The summed E-state index contributed by atoms with van der Waals surface area (Å²) in [5, 5.41) is 5.68. The van der Waals surface area contributed by atoms with E-state index in [4.69, 9.17) is 4.74 Å². The monoisotopic (exact) mass is 493 g/mol. The number of nitrogens with zero attached hydrogens (tertiary/aromatic N) is 1. The summed E-state index contributed by atoms with van der Waals surface area (Å²) in [6.45, 7) is 14.9. The van der Waals surface area contributed by atoms with Crippen molar-refractivity contribution in [3.8, 4) is 0 Å². The maximum Gasteiger partial charge on any atom is 0.408 e. The molecule has 0 aliphatic rings. The smallest absolute Gasteiger partial charge is 0.408 e. The van der Waals surface area contributed by atoms with Gasteiger partial charge >= 0.3 is 6.09 Å². The second-order valence-electron chi connectivity index (χ2n) is 10.1. The molecular weight excluding hydrogens is 454 g/mol. The van der Waals surface area contributed by atoms with Crippen LogP contribution in [0, 0.1) is 6.92 Å². The van der Waals surface area contributed by atoms with Crippen molar-refractivity contribution in [3.63, 3.8) is 0 Å². The number of aryl methyl sites for hydroxylation is 1. The minimum Gasteiger partial charge on any atom is -0.444 e. The zero-order valence-corrected chi connectivity index (χ0v) is 22.2. The van der Waals surface area contributed by atoms with E-state index in [1.165, 1.54) is 4.90 Å². The molecule has 0 bridgehead atoms. The number of carbonyl (C=O) groups excluding carboxylic acids is 3. The number of amides is 3. The van der Waals surface area contributed by atoms with Crippen molar-refractivity contribution in [2.75, 3.05) is 6.54 Å².